The van der Waals surface area contributed by atoms with E-state index in [9.17, 15) is 13.9 Å². The first kappa shape index (κ1) is 11.5. The highest BCUT2D eigenvalue weighted by Crippen LogP contribution is 2.30. The molecule has 2 rings (SSSR count). The van der Waals surface area contributed by atoms with Crippen LogP contribution in [-0.2, 0) is 5.60 Å². The zero-order chi connectivity index (χ0) is 11.8. The Bertz CT molecular complexity index is 366. The summed E-state index contributed by atoms with van der Waals surface area (Å²) in [5.74, 6) is -1.32. The summed E-state index contributed by atoms with van der Waals surface area (Å²) in [6.45, 7) is 2.42. The molecular weight excluding hydrogens is 212 g/mol. The van der Waals surface area contributed by atoms with Crippen LogP contribution in [0.3, 0.4) is 0 Å². The van der Waals surface area contributed by atoms with Crippen molar-refractivity contribution in [3.8, 4) is 0 Å². The lowest BCUT2D eigenvalue weighted by Gasteiger charge is -2.30. The molecule has 1 aliphatic rings. The van der Waals surface area contributed by atoms with Crippen molar-refractivity contribution in [2.75, 3.05) is 6.54 Å². The van der Waals surface area contributed by atoms with E-state index in [0.29, 0.717) is 0 Å². The zero-order valence-corrected chi connectivity index (χ0v) is 9.13. The minimum Gasteiger partial charge on any atom is -0.384 e. The molecule has 2 N–H and O–H groups in total. The van der Waals surface area contributed by atoms with Gasteiger partial charge in [-0.3, -0.25) is 0 Å². The fraction of sp³-hybridized carbons (Fsp3) is 0.500. The van der Waals surface area contributed by atoms with E-state index in [4.69, 9.17) is 0 Å². The number of halogens is 2. The number of hydrogen-bond acceptors (Lipinski definition) is 2. The van der Waals surface area contributed by atoms with E-state index in [1.54, 1.807) is 6.92 Å². The average Bonchev–Trinajstić information content (AvgIpc) is 2.69. The minimum atomic E-state index is -1.24. The van der Waals surface area contributed by atoms with Crippen LogP contribution >= 0.6 is 0 Å². The summed E-state index contributed by atoms with van der Waals surface area (Å²) in [5, 5.41) is 13.5. The maximum atomic E-state index is 13.1. The molecule has 0 radical (unpaired) electrons. The molecule has 1 fully saturated rings. The van der Waals surface area contributed by atoms with E-state index in [1.807, 2.05) is 0 Å². The van der Waals surface area contributed by atoms with E-state index < -0.39 is 17.2 Å². The smallest absolute Gasteiger partial charge is 0.126 e. The van der Waals surface area contributed by atoms with Gasteiger partial charge < -0.3 is 10.4 Å². The SMILES string of the molecule is C[C@@](O)(c1cc(F)cc(F)c1)[C@@H]1CCCN1. The first-order valence-electron chi connectivity index (χ1n) is 5.42. The third-order valence-electron chi connectivity index (χ3n) is 3.19. The molecular formula is C12H15F2NO. The van der Waals surface area contributed by atoms with Gasteiger partial charge in [0.2, 0.25) is 0 Å². The molecule has 0 unspecified atom stereocenters. The van der Waals surface area contributed by atoms with E-state index in [-0.39, 0.29) is 11.6 Å². The Morgan fingerprint density at radius 1 is 1.31 bits per heavy atom. The second-order valence-corrected chi connectivity index (χ2v) is 4.45. The average molecular weight is 227 g/mol. The van der Waals surface area contributed by atoms with E-state index in [0.717, 1.165) is 25.5 Å². The molecule has 88 valence electrons. The number of aliphatic hydroxyl groups is 1. The molecule has 0 spiro atoms. The van der Waals surface area contributed by atoms with Gasteiger partial charge in [-0.25, -0.2) is 8.78 Å². The molecule has 1 aromatic rings. The highest BCUT2D eigenvalue weighted by molar-refractivity contribution is 5.25. The van der Waals surface area contributed by atoms with Gasteiger partial charge in [0.05, 0.1) is 0 Å². The summed E-state index contributed by atoms with van der Waals surface area (Å²) in [6.07, 6.45) is 1.78. The fourth-order valence-corrected chi connectivity index (χ4v) is 2.21. The van der Waals surface area contributed by atoms with Crippen LogP contribution < -0.4 is 5.32 Å². The molecule has 1 aromatic carbocycles. The van der Waals surface area contributed by atoms with Crippen LogP contribution in [-0.4, -0.2) is 17.7 Å². The van der Waals surface area contributed by atoms with Crippen molar-refractivity contribution in [2.24, 2.45) is 0 Å². The Labute approximate surface area is 93.3 Å². The second kappa shape index (κ2) is 4.11. The quantitative estimate of drug-likeness (QED) is 0.809. The molecule has 0 saturated carbocycles. The Balaban J connectivity index is 2.33. The van der Waals surface area contributed by atoms with Gasteiger partial charge in [-0.2, -0.15) is 0 Å². The lowest BCUT2D eigenvalue weighted by atomic mass is 9.87. The summed E-state index contributed by atoms with van der Waals surface area (Å²) in [5.41, 5.74) is -0.955. The van der Waals surface area contributed by atoms with E-state index in [2.05, 4.69) is 5.32 Å². The molecule has 1 aliphatic heterocycles. The van der Waals surface area contributed by atoms with Gasteiger partial charge in [-0.1, -0.05) is 0 Å². The number of benzene rings is 1. The standard InChI is InChI=1S/C12H15F2NO/c1-12(16,11-3-2-4-15-11)8-5-9(13)7-10(14)6-8/h5-7,11,15-16H,2-4H2,1H3/t11-,12+/m0/s1. The van der Waals surface area contributed by atoms with Crippen LogP contribution in [0.25, 0.3) is 0 Å². The van der Waals surface area contributed by atoms with Gasteiger partial charge in [0.1, 0.15) is 17.2 Å². The van der Waals surface area contributed by atoms with Crippen molar-refractivity contribution in [3.63, 3.8) is 0 Å². The largest absolute Gasteiger partial charge is 0.384 e. The Morgan fingerprint density at radius 2 is 1.94 bits per heavy atom. The summed E-state index contributed by atoms with van der Waals surface area (Å²) in [7, 11) is 0. The molecule has 0 amide bonds. The van der Waals surface area contributed by atoms with Gasteiger partial charge in [0, 0.05) is 12.1 Å². The number of nitrogens with one attached hydrogen (secondary N) is 1. The van der Waals surface area contributed by atoms with Gasteiger partial charge in [-0.05, 0) is 44.0 Å². The van der Waals surface area contributed by atoms with Gasteiger partial charge in [0.25, 0.3) is 0 Å². The lowest BCUT2D eigenvalue weighted by Crippen LogP contribution is -2.43. The molecule has 0 aromatic heterocycles. The predicted octanol–water partition coefficient (Wildman–Crippen LogP) is 1.92. The maximum absolute atomic E-state index is 13.1. The third-order valence-corrected chi connectivity index (χ3v) is 3.19. The summed E-state index contributed by atoms with van der Waals surface area (Å²) in [4.78, 5) is 0. The Morgan fingerprint density at radius 3 is 2.44 bits per heavy atom. The third kappa shape index (κ3) is 2.08. The van der Waals surface area contributed by atoms with Crippen molar-refractivity contribution < 1.29 is 13.9 Å². The highest BCUT2D eigenvalue weighted by atomic mass is 19.1. The summed E-state index contributed by atoms with van der Waals surface area (Å²) < 4.78 is 26.1. The second-order valence-electron chi connectivity index (χ2n) is 4.45. The first-order chi connectivity index (χ1) is 7.50. The maximum Gasteiger partial charge on any atom is 0.126 e. The molecule has 2 atom stereocenters. The van der Waals surface area contributed by atoms with Crippen LogP contribution in [0.5, 0.6) is 0 Å². The van der Waals surface area contributed by atoms with Crippen LogP contribution in [0, 0.1) is 11.6 Å². The van der Waals surface area contributed by atoms with E-state index in [1.165, 1.54) is 12.1 Å². The molecule has 0 aliphatic carbocycles. The van der Waals surface area contributed by atoms with Crippen LogP contribution in [0.4, 0.5) is 8.78 Å². The molecule has 1 saturated heterocycles. The van der Waals surface area contributed by atoms with Crippen molar-refractivity contribution in [1.29, 1.82) is 0 Å². The van der Waals surface area contributed by atoms with E-state index >= 15 is 0 Å². The Hall–Kier alpha value is -1.00. The van der Waals surface area contributed by atoms with Crippen molar-refractivity contribution in [2.45, 2.75) is 31.4 Å². The summed E-state index contributed by atoms with van der Waals surface area (Å²) in [6, 6.07) is 3.03. The predicted molar refractivity (Wildman–Crippen MR) is 57.0 cm³/mol. The lowest BCUT2D eigenvalue weighted by molar-refractivity contribution is 0.0212. The van der Waals surface area contributed by atoms with Crippen LogP contribution in [0.2, 0.25) is 0 Å². The monoisotopic (exact) mass is 227 g/mol. The van der Waals surface area contributed by atoms with Crippen molar-refractivity contribution >= 4 is 0 Å². The fourth-order valence-electron chi connectivity index (χ4n) is 2.21. The van der Waals surface area contributed by atoms with Gasteiger partial charge >= 0.3 is 0 Å². The van der Waals surface area contributed by atoms with Crippen molar-refractivity contribution in [1.82, 2.24) is 5.32 Å². The normalized spacial score (nSPS) is 24.4. The molecule has 4 heteroatoms. The topological polar surface area (TPSA) is 32.3 Å². The minimum absolute atomic E-state index is 0.145. The molecule has 16 heavy (non-hydrogen) atoms. The Kier molecular flexibility index (Phi) is 2.95. The highest BCUT2D eigenvalue weighted by Gasteiger charge is 2.35. The summed E-state index contributed by atoms with van der Waals surface area (Å²) >= 11 is 0. The molecule has 0 bridgehead atoms. The van der Waals surface area contributed by atoms with Crippen LogP contribution in [0.15, 0.2) is 18.2 Å². The number of hydrogen-bond donors (Lipinski definition) is 2. The number of rotatable bonds is 2. The molecule has 1 heterocycles. The van der Waals surface area contributed by atoms with Crippen LogP contribution in [0.1, 0.15) is 25.3 Å². The molecule has 2 nitrogen and oxygen atoms in total. The first-order valence-corrected chi connectivity index (χ1v) is 5.42. The van der Waals surface area contributed by atoms with Gasteiger partial charge in [0.15, 0.2) is 0 Å². The van der Waals surface area contributed by atoms with Crippen molar-refractivity contribution in [3.05, 3.63) is 35.4 Å². The van der Waals surface area contributed by atoms with Gasteiger partial charge in [-0.15, -0.1) is 0 Å². The zero-order valence-electron chi connectivity index (χ0n) is 9.13.